The minimum Gasteiger partial charge on any atom is -0.508 e. The van der Waals surface area contributed by atoms with Crippen molar-refractivity contribution >= 4 is 10.9 Å². The SMILES string of the molecule is CCCCCc1cc(O)c(C/C=C(\C)CCC=C(C)C)c(O)c1-c1cnc2ccccc2c1. The molecule has 2 aromatic carbocycles. The van der Waals surface area contributed by atoms with Gasteiger partial charge in [0.05, 0.1) is 5.52 Å². The molecule has 0 atom stereocenters. The summed E-state index contributed by atoms with van der Waals surface area (Å²) in [7, 11) is 0. The highest BCUT2D eigenvalue weighted by Gasteiger charge is 2.19. The van der Waals surface area contributed by atoms with Crippen molar-refractivity contribution in [2.45, 2.75) is 72.6 Å². The number of unbranched alkanes of at least 4 members (excludes halogenated alkanes) is 2. The van der Waals surface area contributed by atoms with E-state index in [9.17, 15) is 10.2 Å². The van der Waals surface area contributed by atoms with Gasteiger partial charge in [-0.05, 0) is 76.6 Å². The Hall–Kier alpha value is -3.07. The van der Waals surface area contributed by atoms with Gasteiger partial charge in [0.2, 0.25) is 0 Å². The van der Waals surface area contributed by atoms with Crippen molar-refractivity contribution in [3.63, 3.8) is 0 Å². The Bertz CT molecular complexity index is 1150. The Kier molecular flexibility index (Phi) is 8.71. The number of hydrogen-bond acceptors (Lipinski definition) is 3. The molecule has 1 heterocycles. The summed E-state index contributed by atoms with van der Waals surface area (Å²) in [5.74, 6) is 0.344. The molecular formula is C30H37NO2. The number of phenolic OH excluding ortho intramolecular Hbond substituents is 2. The Morgan fingerprint density at radius 2 is 1.79 bits per heavy atom. The minimum atomic E-state index is 0.171. The first-order valence-electron chi connectivity index (χ1n) is 12.1. The first kappa shape index (κ1) is 24.6. The maximum absolute atomic E-state index is 11.4. The number of hydrogen-bond donors (Lipinski definition) is 2. The van der Waals surface area contributed by atoms with Crippen molar-refractivity contribution in [3.05, 3.63) is 77.0 Å². The Balaban J connectivity index is 2.00. The van der Waals surface area contributed by atoms with E-state index in [2.05, 4.69) is 50.9 Å². The lowest BCUT2D eigenvalue weighted by Gasteiger charge is -2.17. The lowest BCUT2D eigenvalue weighted by Crippen LogP contribution is -1.97. The summed E-state index contributed by atoms with van der Waals surface area (Å²) in [6, 6.07) is 11.9. The summed E-state index contributed by atoms with van der Waals surface area (Å²) in [6.07, 6.45) is 12.8. The summed E-state index contributed by atoms with van der Waals surface area (Å²) in [6.45, 7) is 8.51. The normalized spacial score (nSPS) is 11.7. The van der Waals surface area contributed by atoms with Gasteiger partial charge in [0.25, 0.3) is 0 Å². The van der Waals surface area contributed by atoms with Gasteiger partial charge >= 0.3 is 0 Å². The van der Waals surface area contributed by atoms with E-state index < -0.39 is 0 Å². The van der Waals surface area contributed by atoms with Crippen molar-refractivity contribution < 1.29 is 10.2 Å². The summed E-state index contributed by atoms with van der Waals surface area (Å²) in [4.78, 5) is 4.62. The molecule has 33 heavy (non-hydrogen) atoms. The second kappa shape index (κ2) is 11.7. The summed E-state index contributed by atoms with van der Waals surface area (Å²) < 4.78 is 0. The van der Waals surface area contributed by atoms with Crippen LogP contribution in [0.15, 0.2) is 65.9 Å². The summed E-state index contributed by atoms with van der Waals surface area (Å²) in [5.41, 5.74) is 6.76. The van der Waals surface area contributed by atoms with Crippen molar-refractivity contribution in [1.82, 2.24) is 4.98 Å². The molecule has 0 saturated carbocycles. The van der Waals surface area contributed by atoms with Crippen LogP contribution in [-0.2, 0) is 12.8 Å². The molecule has 0 spiro atoms. The lowest BCUT2D eigenvalue weighted by atomic mass is 9.91. The zero-order valence-corrected chi connectivity index (χ0v) is 20.5. The maximum Gasteiger partial charge on any atom is 0.130 e. The molecule has 3 aromatic rings. The predicted octanol–water partition coefficient (Wildman–Crippen LogP) is 8.28. The summed E-state index contributed by atoms with van der Waals surface area (Å²) >= 11 is 0. The van der Waals surface area contributed by atoms with Gasteiger partial charge in [0, 0.05) is 28.3 Å². The number of rotatable bonds is 10. The van der Waals surface area contributed by atoms with E-state index in [1.807, 2.05) is 36.5 Å². The van der Waals surface area contributed by atoms with Crippen LogP contribution < -0.4 is 0 Å². The van der Waals surface area contributed by atoms with Crippen LogP contribution in [0, 0.1) is 0 Å². The monoisotopic (exact) mass is 443 g/mol. The topological polar surface area (TPSA) is 53.4 Å². The third-order valence-corrected chi connectivity index (χ3v) is 6.14. The first-order chi connectivity index (χ1) is 15.9. The lowest BCUT2D eigenvalue weighted by molar-refractivity contribution is 0.440. The second-order valence-electron chi connectivity index (χ2n) is 9.21. The van der Waals surface area contributed by atoms with Crippen molar-refractivity contribution in [2.75, 3.05) is 0 Å². The van der Waals surface area contributed by atoms with Crippen molar-refractivity contribution in [1.29, 1.82) is 0 Å². The fourth-order valence-electron chi connectivity index (χ4n) is 4.21. The molecule has 0 unspecified atom stereocenters. The number of para-hydroxylation sites is 1. The molecule has 3 rings (SSSR count). The van der Waals surface area contributed by atoms with Gasteiger partial charge < -0.3 is 10.2 Å². The van der Waals surface area contributed by atoms with Crippen molar-refractivity contribution in [2.24, 2.45) is 0 Å². The van der Waals surface area contributed by atoms with E-state index in [4.69, 9.17) is 0 Å². The molecule has 174 valence electrons. The fraction of sp³-hybridized carbons (Fsp3) is 0.367. The maximum atomic E-state index is 11.4. The molecule has 0 radical (unpaired) electrons. The van der Waals surface area contributed by atoms with Gasteiger partial charge in [-0.15, -0.1) is 0 Å². The Morgan fingerprint density at radius 3 is 2.55 bits per heavy atom. The average molecular weight is 444 g/mol. The largest absolute Gasteiger partial charge is 0.508 e. The zero-order valence-electron chi connectivity index (χ0n) is 20.5. The molecule has 0 aliphatic carbocycles. The molecule has 0 saturated heterocycles. The molecule has 0 aliphatic heterocycles. The number of pyridine rings is 1. The second-order valence-corrected chi connectivity index (χ2v) is 9.21. The van der Waals surface area contributed by atoms with Crippen LogP contribution in [0.4, 0.5) is 0 Å². The van der Waals surface area contributed by atoms with Crippen molar-refractivity contribution in [3.8, 4) is 22.6 Å². The van der Waals surface area contributed by atoms with Gasteiger partial charge in [-0.1, -0.05) is 61.3 Å². The highest BCUT2D eigenvalue weighted by Crippen LogP contribution is 2.42. The Morgan fingerprint density at radius 1 is 1.00 bits per heavy atom. The van der Waals surface area contributed by atoms with Crippen LogP contribution in [0.25, 0.3) is 22.0 Å². The van der Waals surface area contributed by atoms with Crippen LogP contribution in [0.3, 0.4) is 0 Å². The van der Waals surface area contributed by atoms with E-state index in [1.54, 1.807) is 0 Å². The van der Waals surface area contributed by atoms with E-state index in [0.717, 1.165) is 66.1 Å². The molecule has 3 nitrogen and oxygen atoms in total. The quantitative estimate of drug-likeness (QED) is 0.245. The van der Waals surface area contributed by atoms with E-state index >= 15 is 0 Å². The first-order valence-corrected chi connectivity index (χ1v) is 12.1. The molecule has 2 N–H and O–H groups in total. The van der Waals surface area contributed by atoms with Crippen LogP contribution in [0.2, 0.25) is 0 Å². The van der Waals surface area contributed by atoms with Gasteiger partial charge in [0.1, 0.15) is 11.5 Å². The number of aromatic nitrogens is 1. The van der Waals surface area contributed by atoms with Crippen LogP contribution in [0.1, 0.15) is 70.9 Å². The number of allylic oxidation sites excluding steroid dienone is 4. The van der Waals surface area contributed by atoms with Crippen LogP contribution >= 0.6 is 0 Å². The number of nitrogens with zero attached hydrogens (tertiary/aromatic N) is 1. The van der Waals surface area contributed by atoms with Gasteiger partial charge in [-0.2, -0.15) is 0 Å². The standard InChI is InChI=1S/C30H37NO2/c1-5-6-7-14-24-19-28(32)26(17-16-22(4)12-10-11-21(2)3)30(33)29(24)25-18-23-13-8-9-15-27(23)31-20-25/h8-9,11,13,15-16,18-20,32-33H,5-7,10,12,14,17H2,1-4H3/b22-16+. The molecule has 0 aliphatic rings. The third-order valence-electron chi connectivity index (χ3n) is 6.14. The molecule has 0 amide bonds. The predicted molar refractivity (Wildman–Crippen MR) is 140 cm³/mol. The van der Waals surface area contributed by atoms with Gasteiger partial charge in [0.15, 0.2) is 0 Å². The smallest absolute Gasteiger partial charge is 0.130 e. The third kappa shape index (κ3) is 6.47. The molecular weight excluding hydrogens is 406 g/mol. The fourth-order valence-corrected chi connectivity index (χ4v) is 4.21. The number of benzene rings is 2. The molecule has 3 heteroatoms. The number of aryl methyl sites for hydroxylation is 1. The average Bonchev–Trinajstić information content (AvgIpc) is 2.78. The molecule has 1 aromatic heterocycles. The highest BCUT2D eigenvalue weighted by molar-refractivity contribution is 5.86. The highest BCUT2D eigenvalue weighted by atomic mass is 16.3. The van der Waals surface area contributed by atoms with E-state index in [1.165, 1.54) is 11.1 Å². The van der Waals surface area contributed by atoms with E-state index in [0.29, 0.717) is 12.0 Å². The van der Waals surface area contributed by atoms with Crippen LogP contribution in [0.5, 0.6) is 11.5 Å². The molecule has 0 fully saturated rings. The van der Waals surface area contributed by atoms with Gasteiger partial charge in [-0.25, -0.2) is 0 Å². The minimum absolute atomic E-state index is 0.171. The van der Waals surface area contributed by atoms with Crippen LogP contribution in [-0.4, -0.2) is 15.2 Å². The number of phenols is 2. The summed E-state index contributed by atoms with van der Waals surface area (Å²) in [5, 5.41) is 23.2. The van der Waals surface area contributed by atoms with Gasteiger partial charge in [-0.3, -0.25) is 4.98 Å². The molecule has 0 bridgehead atoms. The van der Waals surface area contributed by atoms with E-state index in [-0.39, 0.29) is 11.5 Å². The Labute approximate surface area is 198 Å². The number of aromatic hydroxyl groups is 2. The zero-order chi connectivity index (χ0) is 23.8. The number of fused-ring (bicyclic) bond motifs is 1.